The molecule has 0 heterocycles. The molecule has 7 heteroatoms. The Morgan fingerprint density at radius 1 is 0.963 bits per heavy atom. The molecular weight excluding hydrogens is 344 g/mol. The van der Waals surface area contributed by atoms with Crippen LogP contribution in [0.25, 0.3) is 0 Å². The lowest BCUT2D eigenvalue weighted by molar-refractivity contribution is 0.0943. The lowest BCUT2D eigenvalue weighted by atomic mass is 10.0. The summed E-state index contributed by atoms with van der Waals surface area (Å²) in [6, 6.07) is 10.3. The number of carbonyl (C=O) groups excluding carboxylic acids is 2. The van der Waals surface area contributed by atoms with Crippen LogP contribution in [0.1, 0.15) is 50.8 Å². The van der Waals surface area contributed by atoms with E-state index >= 15 is 0 Å². The van der Waals surface area contributed by atoms with Crippen LogP contribution in [0, 0.1) is 18.8 Å². The first-order chi connectivity index (χ1) is 13.0. The number of amides is 2. The summed E-state index contributed by atoms with van der Waals surface area (Å²) >= 11 is 0. The van der Waals surface area contributed by atoms with Gasteiger partial charge >= 0.3 is 0 Å². The van der Waals surface area contributed by atoms with E-state index in [2.05, 4.69) is 22.7 Å². The number of hydrazine groups is 2. The van der Waals surface area contributed by atoms with Crippen LogP contribution in [0.4, 0.5) is 0 Å². The third-order valence-electron chi connectivity index (χ3n) is 3.77. The Labute approximate surface area is 158 Å². The number of hydrogen-bond acceptors (Lipinski definition) is 5. The van der Waals surface area contributed by atoms with Crippen molar-refractivity contribution in [3.63, 3.8) is 0 Å². The molecule has 2 rings (SSSR count). The molecule has 0 radical (unpaired) electrons. The Kier molecular flexibility index (Phi) is 6.94. The summed E-state index contributed by atoms with van der Waals surface area (Å²) < 4.78 is 5.64. The average molecular weight is 366 g/mol. The van der Waals surface area contributed by atoms with Crippen molar-refractivity contribution in [1.29, 1.82) is 0 Å². The molecule has 0 saturated carbocycles. The molecule has 0 saturated heterocycles. The standard InChI is InChI=1S/C20H22N4O3/c1-3-10-27-18-12-15(7-9-17(18)20(26)24-22)5-4-14-6-8-16(13(2)11-14)19(25)23-21/h6-9,11-12H,3,10,21-22H2,1-2H3,(H,23,25)(H,24,26). The van der Waals surface area contributed by atoms with E-state index in [1.165, 1.54) is 0 Å². The topological polar surface area (TPSA) is 119 Å². The van der Waals surface area contributed by atoms with Crippen molar-refractivity contribution in [2.75, 3.05) is 6.61 Å². The Hall–Kier alpha value is -3.34. The van der Waals surface area contributed by atoms with Crippen LogP contribution in [-0.4, -0.2) is 18.4 Å². The number of benzene rings is 2. The highest BCUT2D eigenvalue weighted by Crippen LogP contribution is 2.21. The summed E-state index contributed by atoms with van der Waals surface area (Å²) in [6.45, 7) is 4.27. The highest BCUT2D eigenvalue weighted by Gasteiger charge is 2.12. The second kappa shape index (κ2) is 9.38. The van der Waals surface area contributed by atoms with Gasteiger partial charge in [-0.25, -0.2) is 11.7 Å². The Morgan fingerprint density at radius 3 is 2.07 bits per heavy atom. The van der Waals surface area contributed by atoms with Gasteiger partial charge in [0.2, 0.25) is 0 Å². The lowest BCUT2D eigenvalue weighted by Gasteiger charge is -2.10. The number of aryl methyl sites for hydroxylation is 1. The fourth-order valence-corrected chi connectivity index (χ4v) is 2.42. The SMILES string of the molecule is CCCOc1cc(C#Cc2ccc(C(=O)NN)c(C)c2)ccc1C(=O)NN. The maximum absolute atomic E-state index is 11.8. The zero-order valence-electron chi connectivity index (χ0n) is 15.3. The van der Waals surface area contributed by atoms with Crippen LogP contribution in [0.3, 0.4) is 0 Å². The number of nitrogens with two attached hydrogens (primary N) is 2. The molecule has 0 fully saturated rings. The molecule has 0 aliphatic rings. The van der Waals surface area contributed by atoms with Crippen molar-refractivity contribution in [2.45, 2.75) is 20.3 Å². The van der Waals surface area contributed by atoms with E-state index in [1.807, 2.05) is 19.9 Å². The van der Waals surface area contributed by atoms with E-state index in [4.69, 9.17) is 16.4 Å². The molecule has 0 aromatic heterocycles. The summed E-state index contributed by atoms with van der Waals surface area (Å²) in [5, 5.41) is 0. The highest BCUT2D eigenvalue weighted by atomic mass is 16.5. The first-order valence-corrected chi connectivity index (χ1v) is 8.41. The van der Waals surface area contributed by atoms with E-state index in [-0.39, 0.29) is 5.91 Å². The van der Waals surface area contributed by atoms with E-state index < -0.39 is 5.91 Å². The summed E-state index contributed by atoms with van der Waals surface area (Å²) in [5.41, 5.74) is 7.27. The number of ether oxygens (including phenoxy) is 1. The number of rotatable bonds is 5. The number of nitrogens with one attached hydrogen (secondary N) is 2. The number of hydrogen-bond donors (Lipinski definition) is 4. The molecule has 0 unspecified atom stereocenters. The van der Waals surface area contributed by atoms with Crippen molar-refractivity contribution in [1.82, 2.24) is 10.9 Å². The van der Waals surface area contributed by atoms with Crippen LogP contribution >= 0.6 is 0 Å². The van der Waals surface area contributed by atoms with Crippen molar-refractivity contribution in [2.24, 2.45) is 11.7 Å². The molecule has 2 aromatic rings. The summed E-state index contributed by atoms with van der Waals surface area (Å²) in [5.74, 6) is 16.1. The average Bonchev–Trinajstić information content (AvgIpc) is 2.69. The maximum atomic E-state index is 11.8. The Bertz CT molecular complexity index is 913. The van der Waals surface area contributed by atoms with Gasteiger partial charge < -0.3 is 4.74 Å². The van der Waals surface area contributed by atoms with Gasteiger partial charge in [-0.2, -0.15) is 0 Å². The molecule has 2 aromatic carbocycles. The van der Waals surface area contributed by atoms with Crippen molar-refractivity contribution >= 4 is 11.8 Å². The molecule has 140 valence electrons. The Balaban J connectivity index is 2.31. The molecule has 7 nitrogen and oxygen atoms in total. The van der Waals surface area contributed by atoms with Crippen molar-refractivity contribution in [3.05, 3.63) is 64.2 Å². The van der Waals surface area contributed by atoms with Gasteiger partial charge in [0.25, 0.3) is 11.8 Å². The summed E-state index contributed by atoms with van der Waals surface area (Å²) in [7, 11) is 0. The fraction of sp³-hybridized carbons (Fsp3) is 0.200. The number of nitrogen functional groups attached to an aromatic ring is 2. The maximum Gasteiger partial charge on any atom is 0.268 e. The molecule has 2 amide bonds. The zero-order valence-corrected chi connectivity index (χ0v) is 15.3. The van der Waals surface area contributed by atoms with Crippen LogP contribution < -0.4 is 27.3 Å². The second-order valence-corrected chi connectivity index (χ2v) is 5.79. The number of carbonyl (C=O) groups is 2. The molecular formula is C20H22N4O3. The van der Waals surface area contributed by atoms with Crippen LogP contribution in [0.15, 0.2) is 36.4 Å². The minimum Gasteiger partial charge on any atom is -0.493 e. The fourth-order valence-electron chi connectivity index (χ4n) is 2.42. The van der Waals surface area contributed by atoms with Gasteiger partial charge in [0.15, 0.2) is 0 Å². The van der Waals surface area contributed by atoms with Gasteiger partial charge in [-0.15, -0.1) is 0 Å². The third kappa shape index (κ3) is 5.07. The molecule has 0 atom stereocenters. The van der Waals surface area contributed by atoms with Crippen LogP contribution in [0.2, 0.25) is 0 Å². The molecule has 0 spiro atoms. The molecule has 0 aliphatic heterocycles. The normalized spacial score (nSPS) is 9.78. The van der Waals surface area contributed by atoms with Gasteiger partial charge in [0.05, 0.1) is 12.2 Å². The largest absolute Gasteiger partial charge is 0.493 e. The van der Waals surface area contributed by atoms with Crippen LogP contribution in [0.5, 0.6) is 5.75 Å². The Morgan fingerprint density at radius 2 is 1.52 bits per heavy atom. The van der Waals surface area contributed by atoms with E-state index in [0.717, 1.165) is 17.5 Å². The van der Waals surface area contributed by atoms with Gasteiger partial charge in [-0.3, -0.25) is 20.4 Å². The first kappa shape index (κ1) is 20.0. The van der Waals surface area contributed by atoms with E-state index in [1.54, 1.807) is 30.3 Å². The predicted molar refractivity (Wildman–Crippen MR) is 103 cm³/mol. The smallest absolute Gasteiger partial charge is 0.268 e. The van der Waals surface area contributed by atoms with Crippen molar-refractivity contribution < 1.29 is 14.3 Å². The van der Waals surface area contributed by atoms with Crippen LogP contribution in [-0.2, 0) is 0 Å². The van der Waals surface area contributed by atoms with Gasteiger partial charge in [0.1, 0.15) is 5.75 Å². The first-order valence-electron chi connectivity index (χ1n) is 8.41. The molecule has 0 aliphatic carbocycles. The zero-order chi connectivity index (χ0) is 19.8. The summed E-state index contributed by atoms with van der Waals surface area (Å²) in [6.07, 6.45) is 0.807. The van der Waals surface area contributed by atoms with Gasteiger partial charge in [0, 0.05) is 16.7 Å². The summed E-state index contributed by atoms with van der Waals surface area (Å²) in [4.78, 5) is 23.5. The molecule has 27 heavy (non-hydrogen) atoms. The lowest BCUT2D eigenvalue weighted by Crippen LogP contribution is -2.30. The van der Waals surface area contributed by atoms with E-state index in [9.17, 15) is 9.59 Å². The minimum atomic E-state index is -0.426. The second-order valence-electron chi connectivity index (χ2n) is 5.79. The monoisotopic (exact) mass is 366 g/mol. The third-order valence-corrected chi connectivity index (χ3v) is 3.77. The van der Waals surface area contributed by atoms with E-state index in [0.29, 0.717) is 29.0 Å². The molecule has 0 bridgehead atoms. The quantitative estimate of drug-likeness (QED) is 0.276. The van der Waals surface area contributed by atoms with Gasteiger partial charge in [-0.1, -0.05) is 18.8 Å². The highest BCUT2D eigenvalue weighted by molar-refractivity contribution is 5.97. The molecule has 6 N–H and O–H groups in total. The minimum absolute atomic E-state index is 0.349. The van der Waals surface area contributed by atoms with Gasteiger partial charge in [-0.05, 0) is 55.3 Å². The predicted octanol–water partition coefficient (Wildman–Crippen LogP) is 1.39. The van der Waals surface area contributed by atoms with Crippen molar-refractivity contribution in [3.8, 4) is 17.6 Å².